The van der Waals surface area contributed by atoms with E-state index in [4.69, 9.17) is 4.74 Å². The van der Waals surface area contributed by atoms with Crippen LogP contribution in [0.2, 0.25) is 0 Å². The van der Waals surface area contributed by atoms with Crippen molar-refractivity contribution in [2.45, 2.75) is 59.3 Å². The molecule has 0 radical (unpaired) electrons. The van der Waals surface area contributed by atoms with E-state index in [1.165, 1.54) is 32.1 Å². The minimum atomic E-state index is -0.371. The largest absolute Gasteiger partial charge is 0.494 e. The summed E-state index contributed by atoms with van der Waals surface area (Å²) in [5, 5.41) is 15.8. The molecular formula is C30H36N6O2. The average Bonchev–Trinajstić information content (AvgIpc) is 3.54. The molecule has 0 atom stereocenters. The Morgan fingerprint density at radius 2 is 1.76 bits per heavy atom. The molecule has 2 aromatic heterocycles. The van der Waals surface area contributed by atoms with Crippen molar-refractivity contribution in [2.75, 3.05) is 6.61 Å². The van der Waals surface area contributed by atoms with Crippen molar-refractivity contribution in [3.63, 3.8) is 0 Å². The van der Waals surface area contributed by atoms with Gasteiger partial charge >= 0.3 is 0 Å². The van der Waals surface area contributed by atoms with E-state index < -0.39 is 0 Å². The number of hydrogen-bond donors (Lipinski definition) is 2. The number of hydrogen-bond acceptors (Lipinski definition) is 5. The Kier molecular flexibility index (Phi) is 9.45. The van der Waals surface area contributed by atoms with Gasteiger partial charge in [0.15, 0.2) is 0 Å². The Balaban J connectivity index is 1.29. The molecule has 0 fully saturated rings. The van der Waals surface area contributed by atoms with E-state index in [1.54, 1.807) is 12.3 Å². The van der Waals surface area contributed by atoms with Gasteiger partial charge < -0.3 is 4.74 Å². The fourth-order valence-corrected chi connectivity index (χ4v) is 4.26. The highest BCUT2D eigenvalue weighted by atomic mass is 16.5. The minimum Gasteiger partial charge on any atom is -0.494 e. The van der Waals surface area contributed by atoms with Crippen LogP contribution in [-0.2, 0) is 0 Å². The summed E-state index contributed by atoms with van der Waals surface area (Å²) in [5.41, 5.74) is 8.07. The van der Waals surface area contributed by atoms with Gasteiger partial charge in [-0.3, -0.25) is 9.89 Å². The molecule has 0 saturated carbocycles. The molecule has 0 aliphatic carbocycles. The number of aromatic nitrogens is 4. The van der Waals surface area contributed by atoms with Crippen LogP contribution < -0.4 is 10.2 Å². The van der Waals surface area contributed by atoms with Crippen molar-refractivity contribution < 1.29 is 9.53 Å². The van der Waals surface area contributed by atoms with Crippen LogP contribution in [0.1, 0.15) is 72.9 Å². The van der Waals surface area contributed by atoms with E-state index in [2.05, 4.69) is 32.7 Å². The maximum absolute atomic E-state index is 12.6. The summed E-state index contributed by atoms with van der Waals surface area (Å²) in [7, 11) is 0. The molecule has 2 N–H and O–H groups in total. The summed E-state index contributed by atoms with van der Waals surface area (Å²) in [6, 6.07) is 19.4. The van der Waals surface area contributed by atoms with E-state index in [1.807, 2.05) is 73.1 Å². The van der Waals surface area contributed by atoms with Crippen LogP contribution in [0.3, 0.4) is 0 Å². The number of aromatic amines is 1. The molecule has 2 heterocycles. The van der Waals surface area contributed by atoms with Crippen molar-refractivity contribution in [1.82, 2.24) is 25.4 Å². The molecule has 1 amide bonds. The van der Waals surface area contributed by atoms with Gasteiger partial charge in [0.25, 0.3) is 5.91 Å². The average molecular weight is 513 g/mol. The van der Waals surface area contributed by atoms with Gasteiger partial charge in [0.1, 0.15) is 11.4 Å². The smallest absolute Gasteiger partial charge is 0.289 e. The standard InChI is InChI=1S/C30H36N6O2/c1-4-5-6-7-8-12-19-38-26-17-15-24(16-18-26)28-20-29(33-32-28)30(37)34-31-21-27-22(2)35-36(23(27)3)25-13-10-9-11-14-25/h9-11,13-18,20-21H,4-8,12,19H2,1-3H3,(H,32,33)(H,34,37)/b31-21-. The third kappa shape index (κ3) is 6.97. The summed E-state index contributed by atoms with van der Waals surface area (Å²) in [5.74, 6) is 0.468. The monoisotopic (exact) mass is 512 g/mol. The first-order chi connectivity index (χ1) is 18.6. The second-order valence-electron chi connectivity index (χ2n) is 9.34. The van der Waals surface area contributed by atoms with Gasteiger partial charge in [-0.15, -0.1) is 0 Å². The Hall–Kier alpha value is -4.20. The van der Waals surface area contributed by atoms with Crippen molar-refractivity contribution in [3.05, 3.63) is 83.3 Å². The van der Waals surface area contributed by atoms with E-state index in [-0.39, 0.29) is 5.91 Å². The third-order valence-electron chi connectivity index (χ3n) is 6.45. The van der Waals surface area contributed by atoms with Crippen LogP contribution in [0.25, 0.3) is 16.9 Å². The molecule has 4 aromatic rings. The molecule has 0 unspecified atom stereocenters. The fraction of sp³-hybridized carbons (Fsp3) is 0.333. The third-order valence-corrected chi connectivity index (χ3v) is 6.45. The molecule has 2 aromatic carbocycles. The van der Waals surface area contributed by atoms with Crippen LogP contribution in [0.4, 0.5) is 0 Å². The topological polar surface area (TPSA) is 97.2 Å². The van der Waals surface area contributed by atoms with Gasteiger partial charge in [-0.2, -0.15) is 15.3 Å². The van der Waals surface area contributed by atoms with Gasteiger partial charge in [-0.05, 0) is 62.7 Å². The van der Waals surface area contributed by atoms with Gasteiger partial charge in [0, 0.05) is 11.1 Å². The zero-order chi connectivity index (χ0) is 26.7. The lowest BCUT2D eigenvalue weighted by Gasteiger charge is -2.06. The number of carbonyl (C=O) groups is 1. The molecular weight excluding hydrogens is 476 g/mol. The number of H-pyrrole nitrogens is 1. The number of benzene rings is 2. The van der Waals surface area contributed by atoms with Crippen LogP contribution >= 0.6 is 0 Å². The quantitative estimate of drug-likeness (QED) is 0.123. The zero-order valence-electron chi connectivity index (χ0n) is 22.4. The molecule has 0 saturated heterocycles. The van der Waals surface area contributed by atoms with Crippen LogP contribution in [0, 0.1) is 13.8 Å². The molecule has 198 valence electrons. The highest BCUT2D eigenvalue weighted by molar-refractivity contribution is 5.94. The van der Waals surface area contributed by atoms with E-state index in [0.29, 0.717) is 11.4 Å². The lowest BCUT2D eigenvalue weighted by molar-refractivity contribution is 0.0950. The zero-order valence-corrected chi connectivity index (χ0v) is 22.4. The van der Waals surface area contributed by atoms with Gasteiger partial charge in [-0.1, -0.05) is 57.2 Å². The SMILES string of the molecule is CCCCCCCCOc1ccc(-c2cc(C(=O)N/N=C\c3c(C)nn(-c4ccccc4)c3C)[nH]n2)cc1. The number of hydrazone groups is 1. The number of nitrogens with one attached hydrogen (secondary N) is 2. The molecule has 0 bridgehead atoms. The first-order valence-electron chi connectivity index (χ1n) is 13.3. The van der Waals surface area contributed by atoms with E-state index in [0.717, 1.165) is 47.0 Å². The van der Waals surface area contributed by atoms with Crippen molar-refractivity contribution >= 4 is 12.1 Å². The second-order valence-corrected chi connectivity index (χ2v) is 9.34. The van der Waals surface area contributed by atoms with E-state index in [9.17, 15) is 4.79 Å². The van der Waals surface area contributed by atoms with Crippen LogP contribution in [0.15, 0.2) is 65.8 Å². The molecule has 0 aliphatic heterocycles. The van der Waals surface area contributed by atoms with Gasteiger partial charge in [0.05, 0.1) is 35.6 Å². The first kappa shape index (κ1) is 26.9. The van der Waals surface area contributed by atoms with Gasteiger partial charge in [0.2, 0.25) is 0 Å². The normalized spacial score (nSPS) is 11.2. The van der Waals surface area contributed by atoms with Crippen molar-refractivity contribution in [1.29, 1.82) is 0 Å². The molecule has 8 nitrogen and oxygen atoms in total. The minimum absolute atomic E-state index is 0.328. The number of rotatable bonds is 13. The summed E-state index contributed by atoms with van der Waals surface area (Å²) in [6.07, 6.45) is 9.05. The molecule has 0 spiro atoms. The lowest BCUT2D eigenvalue weighted by atomic mass is 10.1. The summed E-state index contributed by atoms with van der Waals surface area (Å²) in [6.45, 7) is 6.85. The van der Waals surface area contributed by atoms with E-state index >= 15 is 0 Å². The predicted octanol–water partition coefficient (Wildman–Crippen LogP) is 6.38. The Morgan fingerprint density at radius 3 is 2.53 bits per heavy atom. The highest BCUT2D eigenvalue weighted by Gasteiger charge is 2.13. The highest BCUT2D eigenvalue weighted by Crippen LogP contribution is 2.22. The fourth-order valence-electron chi connectivity index (χ4n) is 4.26. The number of amides is 1. The van der Waals surface area contributed by atoms with Crippen LogP contribution in [-0.4, -0.2) is 38.7 Å². The number of nitrogens with zero attached hydrogens (tertiary/aromatic N) is 4. The number of ether oxygens (including phenoxy) is 1. The van der Waals surface area contributed by atoms with Crippen molar-refractivity contribution in [3.8, 4) is 22.7 Å². The maximum atomic E-state index is 12.6. The predicted molar refractivity (Wildman–Crippen MR) is 151 cm³/mol. The Labute approximate surface area is 224 Å². The van der Waals surface area contributed by atoms with Crippen molar-refractivity contribution in [2.24, 2.45) is 5.10 Å². The van der Waals surface area contributed by atoms with Gasteiger partial charge in [-0.25, -0.2) is 10.1 Å². The number of para-hydroxylation sites is 1. The summed E-state index contributed by atoms with van der Waals surface area (Å²) in [4.78, 5) is 12.6. The first-order valence-corrected chi connectivity index (χ1v) is 13.3. The molecule has 38 heavy (non-hydrogen) atoms. The number of unbranched alkanes of at least 4 members (excludes halogenated alkanes) is 5. The lowest BCUT2D eigenvalue weighted by Crippen LogP contribution is -2.18. The number of carbonyl (C=O) groups excluding carboxylic acids is 1. The Bertz CT molecular complexity index is 1340. The number of aryl methyl sites for hydroxylation is 1. The molecule has 8 heteroatoms. The molecule has 0 aliphatic rings. The molecule has 4 rings (SSSR count). The second kappa shape index (κ2) is 13.4. The van der Waals surface area contributed by atoms with Crippen LogP contribution in [0.5, 0.6) is 5.75 Å². The Morgan fingerprint density at radius 1 is 1.03 bits per heavy atom. The summed E-state index contributed by atoms with van der Waals surface area (Å²) < 4.78 is 7.72. The maximum Gasteiger partial charge on any atom is 0.289 e. The summed E-state index contributed by atoms with van der Waals surface area (Å²) >= 11 is 0.